The number of aromatic nitrogens is 2. The van der Waals surface area contributed by atoms with Crippen molar-refractivity contribution in [3.63, 3.8) is 0 Å². The summed E-state index contributed by atoms with van der Waals surface area (Å²) in [6, 6.07) is 3.91. The Labute approximate surface area is 153 Å². The molecule has 9 heteroatoms. The summed E-state index contributed by atoms with van der Waals surface area (Å²) in [6.45, 7) is 0.462. The number of nitrogens with one attached hydrogen (secondary N) is 2. The number of rotatable bonds is 5. The third-order valence-electron chi connectivity index (χ3n) is 4.53. The molecule has 144 valence electrons. The lowest BCUT2D eigenvalue weighted by atomic mass is 10.1. The van der Waals surface area contributed by atoms with E-state index >= 15 is 0 Å². The van der Waals surface area contributed by atoms with Crippen LogP contribution in [0.5, 0.6) is 0 Å². The van der Waals surface area contributed by atoms with Gasteiger partial charge < -0.3 is 15.7 Å². The predicted molar refractivity (Wildman–Crippen MR) is 93.3 cm³/mol. The van der Waals surface area contributed by atoms with Gasteiger partial charge in [-0.15, -0.1) is 0 Å². The van der Waals surface area contributed by atoms with Gasteiger partial charge in [-0.05, 0) is 31.0 Å². The van der Waals surface area contributed by atoms with E-state index in [1.165, 1.54) is 12.3 Å². The van der Waals surface area contributed by atoms with Crippen LogP contribution in [0.25, 0.3) is 0 Å². The summed E-state index contributed by atoms with van der Waals surface area (Å²) in [4.78, 5) is 20.2. The molecule has 3 rings (SSSR count). The van der Waals surface area contributed by atoms with Gasteiger partial charge in [0, 0.05) is 24.9 Å². The minimum atomic E-state index is -4.54. The number of carbonyl (C=O) groups excluding carboxylic acids is 1. The quantitative estimate of drug-likeness (QED) is 0.741. The van der Waals surface area contributed by atoms with Gasteiger partial charge in [-0.2, -0.15) is 13.2 Å². The zero-order valence-electron chi connectivity index (χ0n) is 14.3. The molecular formula is C18H19F3N4O2. The van der Waals surface area contributed by atoms with Crippen LogP contribution in [0, 0.1) is 5.92 Å². The topological polar surface area (TPSA) is 87.1 Å². The molecule has 1 saturated carbocycles. The summed E-state index contributed by atoms with van der Waals surface area (Å²) >= 11 is 0. The van der Waals surface area contributed by atoms with Crippen LogP contribution >= 0.6 is 0 Å². The van der Waals surface area contributed by atoms with Gasteiger partial charge in [-0.3, -0.25) is 9.78 Å². The van der Waals surface area contributed by atoms with Crippen molar-refractivity contribution in [3.05, 3.63) is 47.9 Å². The smallest absolute Gasteiger partial charge is 0.393 e. The highest BCUT2D eigenvalue weighted by atomic mass is 19.4. The zero-order chi connectivity index (χ0) is 19.4. The third kappa shape index (κ3) is 4.73. The Balaban J connectivity index is 1.72. The van der Waals surface area contributed by atoms with Crippen molar-refractivity contribution in [3.8, 4) is 0 Å². The molecule has 1 unspecified atom stereocenters. The molecule has 0 saturated heterocycles. The van der Waals surface area contributed by atoms with E-state index in [1.54, 1.807) is 6.07 Å². The second kappa shape index (κ2) is 7.91. The number of hydrogen-bond donors (Lipinski definition) is 3. The normalized spacial score (nSPS) is 19.7. The highest BCUT2D eigenvalue weighted by Crippen LogP contribution is 2.30. The van der Waals surface area contributed by atoms with Crippen LogP contribution in [0.15, 0.2) is 36.8 Å². The molecule has 2 aromatic rings. The van der Waals surface area contributed by atoms with Crippen molar-refractivity contribution in [2.75, 3.05) is 17.2 Å². The molecule has 1 amide bonds. The first kappa shape index (κ1) is 19.1. The predicted octanol–water partition coefficient (Wildman–Crippen LogP) is 3.32. The maximum absolute atomic E-state index is 12.8. The molecule has 1 aliphatic carbocycles. The first-order chi connectivity index (χ1) is 12.8. The van der Waals surface area contributed by atoms with E-state index in [0.29, 0.717) is 18.6 Å². The van der Waals surface area contributed by atoms with Gasteiger partial charge in [0.15, 0.2) is 0 Å². The van der Waals surface area contributed by atoms with Gasteiger partial charge in [0.05, 0.1) is 29.1 Å². The zero-order valence-corrected chi connectivity index (χ0v) is 14.3. The number of anilines is 2. The summed E-state index contributed by atoms with van der Waals surface area (Å²) in [5.41, 5.74) is -0.807. The molecule has 2 heterocycles. The van der Waals surface area contributed by atoms with Crippen molar-refractivity contribution in [1.29, 1.82) is 0 Å². The number of pyridine rings is 2. The number of aliphatic hydroxyl groups excluding tert-OH is 1. The lowest BCUT2D eigenvalue weighted by Crippen LogP contribution is -2.24. The lowest BCUT2D eigenvalue weighted by Gasteiger charge is -2.17. The molecule has 6 nitrogen and oxygen atoms in total. The van der Waals surface area contributed by atoms with Crippen molar-refractivity contribution >= 4 is 17.4 Å². The van der Waals surface area contributed by atoms with Crippen LogP contribution in [0.1, 0.15) is 35.2 Å². The Bertz CT molecular complexity index is 813. The summed E-state index contributed by atoms with van der Waals surface area (Å²) in [5.74, 6) is -0.205. The van der Waals surface area contributed by atoms with Crippen LogP contribution in [0.4, 0.5) is 24.7 Å². The Hall–Kier alpha value is -2.68. The molecule has 3 N–H and O–H groups in total. The average molecular weight is 380 g/mol. The molecule has 2 atom stereocenters. The number of halogens is 3. The molecule has 1 aliphatic rings. The van der Waals surface area contributed by atoms with Crippen LogP contribution in [0.2, 0.25) is 0 Å². The van der Waals surface area contributed by atoms with Gasteiger partial charge >= 0.3 is 6.18 Å². The van der Waals surface area contributed by atoms with Gasteiger partial charge in [0.2, 0.25) is 0 Å². The van der Waals surface area contributed by atoms with Gasteiger partial charge in [-0.25, -0.2) is 4.98 Å². The molecule has 0 bridgehead atoms. The van der Waals surface area contributed by atoms with Crippen molar-refractivity contribution < 1.29 is 23.1 Å². The number of nitrogens with zero attached hydrogens (tertiary/aromatic N) is 2. The molecule has 27 heavy (non-hydrogen) atoms. The van der Waals surface area contributed by atoms with Crippen LogP contribution in [-0.4, -0.2) is 33.6 Å². The van der Waals surface area contributed by atoms with E-state index < -0.39 is 17.6 Å². The number of amides is 1. The number of hydrogen-bond acceptors (Lipinski definition) is 5. The Kier molecular flexibility index (Phi) is 5.59. The molecule has 0 radical (unpaired) electrons. The van der Waals surface area contributed by atoms with E-state index in [-0.39, 0.29) is 23.3 Å². The lowest BCUT2D eigenvalue weighted by molar-refractivity contribution is -0.137. The van der Waals surface area contributed by atoms with Crippen molar-refractivity contribution in [2.24, 2.45) is 5.92 Å². The number of alkyl halides is 3. The third-order valence-corrected chi connectivity index (χ3v) is 4.53. The first-order valence-electron chi connectivity index (χ1n) is 8.55. The van der Waals surface area contributed by atoms with Crippen molar-refractivity contribution in [1.82, 2.24) is 9.97 Å². The van der Waals surface area contributed by atoms with E-state index in [4.69, 9.17) is 0 Å². The Morgan fingerprint density at radius 1 is 1.30 bits per heavy atom. The molecule has 1 fully saturated rings. The number of aliphatic hydroxyl groups is 1. The Morgan fingerprint density at radius 3 is 2.81 bits per heavy atom. The molecule has 0 aliphatic heterocycles. The Morgan fingerprint density at radius 2 is 2.11 bits per heavy atom. The minimum Gasteiger partial charge on any atom is -0.393 e. The molecule has 2 aromatic heterocycles. The highest BCUT2D eigenvalue weighted by Gasteiger charge is 2.31. The van der Waals surface area contributed by atoms with Crippen LogP contribution in [0.3, 0.4) is 0 Å². The van der Waals surface area contributed by atoms with Gasteiger partial charge in [-0.1, -0.05) is 6.42 Å². The summed E-state index contributed by atoms with van der Waals surface area (Å²) in [5, 5.41) is 15.4. The first-order valence-corrected chi connectivity index (χ1v) is 8.55. The standard InChI is InChI=1S/C18H19F3N4O2/c19-18(20,21)12-7-13(10-22-9-12)25-17(27)14-4-2-6-23-16(14)24-8-11-3-1-5-15(11)26/h2,4,6-7,9-11,15,26H,1,3,5,8H2,(H,23,24)(H,25,27)/t11?,15-/m1/s1. The molecule has 0 spiro atoms. The fourth-order valence-electron chi connectivity index (χ4n) is 3.07. The summed E-state index contributed by atoms with van der Waals surface area (Å²) in [6.07, 6.45) is 1.02. The summed E-state index contributed by atoms with van der Waals surface area (Å²) in [7, 11) is 0. The van der Waals surface area contributed by atoms with Crippen molar-refractivity contribution in [2.45, 2.75) is 31.5 Å². The second-order valence-corrected chi connectivity index (χ2v) is 6.45. The van der Waals surface area contributed by atoms with Gasteiger partial charge in [0.25, 0.3) is 5.91 Å². The largest absolute Gasteiger partial charge is 0.417 e. The van der Waals surface area contributed by atoms with Crippen LogP contribution < -0.4 is 10.6 Å². The molecule has 0 aromatic carbocycles. The highest BCUT2D eigenvalue weighted by molar-refractivity contribution is 6.07. The molecular weight excluding hydrogens is 361 g/mol. The minimum absolute atomic E-state index is 0.0594. The maximum Gasteiger partial charge on any atom is 0.417 e. The average Bonchev–Trinajstić information content (AvgIpc) is 3.04. The monoisotopic (exact) mass is 380 g/mol. The fourth-order valence-corrected chi connectivity index (χ4v) is 3.07. The van der Waals surface area contributed by atoms with E-state index in [1.807, 2.05) is 0 Å². The summed E-state index contributed by atoms with van der Waals surface area (Å²) < 4.78 is 38.3. The SMILES string of the molecule is O=C(Nc1cncc(C(F)(F)F)c1)c1cccnc1NCC1CCC[C@H]1O. The van der Waals surface area contributed by atoms with Gasteiger partial charge in [0.1, 0.15) is 5.82 Å². The van der Waals surface area contributed by atoms with Crippen LogP contribution in [-0.2, 0) is 6.18 Å². The van der Waals surface area contributed by atoms with E-state index in [2.05, 4.69) is 20.6 Å². The second-order valence-electron chi connectivity index (χ2n) is 6.45. The fraction of sp³-hybridized carbons (Fsp3) is 0.389. The maximum atomic E-state index is 12.8. The van der Waals surface area contributed by atoms with E-state index in [9.17, 15) is 23.1 Å². The number of carbonyl (C=O) groups is 1. The van der Waals surface area contributed by atoms with E-state index in [0.717, 1.165) is 31.5 Å².